The van der Waals surface area contributed by atoms with Crippen LogP contribution in [0.5, 0.6) is 0 Å². The summed E-state index contributed by atoms with van der Waals surface area (Å²) in [6.45, 7) is 0. The molecule has 0 atom stereocenters. The first-order chi connectivity index (χ1) is 7.88. The fourth-order valence-corrected chi connectivity index (χ4v) is 1.11. The lowest BCUT2D eigenvalue weighted by Gasteiger charge is -1.89. The standard InChI is InChI=1S/C13H7N3/c14-9-13-4-3-12(10-16-13)2-1-11-5-7-15-8-6-11/h3-8,10H. The van der Waals surface area contributed by atoms with E-state index in [2.05, 4.69) is 21.8 Å². The fourth-order valence-electron chi connectivity index (χ4n) is 1.11. The molecule has 0 aliphatic carbocycles. The summed E-state index contributed by atoms with van der Waals surface area (Å²) in [5, 5.41) is 8.58. The molecule has 0 aliphatic rings. The van der Waals surface area contributed by atoms with Gasteiger partial charge < -0.3 is 0 Å². The van der Waals surface area contributed by atoms with Crippen LogP contribution in [0.1, 0.15) is 16.8 Å². The molecule has 0 aromatic carbocycles. The Morgan fingerprint density at radius 2 is 1.69 bits per heavy atom. The maximum atomic E-state index is 8.58. The Kier molecular flexibility index (Phi) is 2.92. The molecule has 0 aliphatic heterocycles. The summed E-state index contributed by atoms with van der Waals surface area (Å²) in [5.41, 5.74) is 2.09. The SMILES string of the molecule is N#Cc1ccc(C#Cc2ccncc2)cn1. The predicted octanol–water partition coefficient (Wildman–Crippen LogP) is 1.75. The Balaban J connectivity index is 2.22. The topological polar surface area (TPSA) is 49.6 Å². The van der Waals surface area contributed by atoms with Gasteiger partial charge in [0.15, 0.2) is 0 Å². The molecule has 0 fully saturated rings. The molecule has 0 amide bonds. The predicted molar refractivity (Wildman–Crippen MR) is 59.2 cm³/mol. The summed E-state index contributed by atoms with van der Waals surface area (Å²) < 4.78 is 0. The van der Waals surface area contributed by atoms with Crippen molar-refractivity contribution in [2.75, 3.05) is 0 Å². The van der Waals surface area contributed by atoms with E-state index >= 15 is 0 Å². The first-order valence-electron chi connectivity index (χ1n) is 4.67. The number of nitriles is 1. The van der Waals surface area contributed by atoms with E-state index in [9.17, 15) is 0 Å². The molecule has 0 N–H and O–H groups in total. The van der Waals surface area contributed by atoms with Crippen LogP contribution in [0.25, 0.3) is 0 Å². The highest BCUT2D eigenvalue weighted by molar-refractivity contribution is 5.41. The van der Waals surface area contributed by atoms with Crippen molar-refractivity contribution < 1.29 is 0 Å². The van der Waals surface area contributed by atoms with Gasteiger partial charge in [0.05, 0.1) is 0 Å². The second-order valence-electron chi connectivity index (χ2n) is 3.03. The summed E-state index contributed by atoms with van der Waals surface area (Å²) in [6.07, 6.45) is 4.98. The average Bonchev–Trinajstić information content (AvgIpc) is 2.38. The van der Waals surface area contributed by atoms with E-state index in [0.717, 1.165) is 11.1 Å². The highest BCUT2D eigenvalue weighted by Crippen LogP contribution is 1.98. The lowest BCUT2D eigenvalue weighted by molar-refractivity contribution is 1.25. The second kappa shape index (κ2) is 4.72. The van der Waals surface area contributed by atoms with Crippen LogP contribution in [0.3, 0.4) is 0 Å². The number of nitrogens with zero attached hydrogens (tertiary/aromatic N) is 3. The van der Waals surface area contributed by atoms with Crippen molar-refractivity contribution >= 4 is 0 Å². The summed E-state index contributed by atoms with van der Waals surface area (Å²) in [4.78, 5) is 7.84. The van der Waals surface area contributed by atoms with Crippen molar-refractivity contribution in [1.82, 2.24) is 9.97 Å². The van der Waals surface area contributed by atoms with Crippen molar-refractivity contribution in [2.24, 2.45) is 0 Å². The third-order valence-corrected chi connectivity index (χ3v) is 1.91. The summed E-state index contributed by atoms with van der Waals surface area (Å²) in [6, 6.07) is 9.06. The maximum absolute atomic E-state index is 8.58. The maximum Gasteiger partial charge on any atom is 0.140 e. The molecule has 16 heavy (non-hydrogen) atoms. The molecule has 2 aromatic rings. The van der Waals surface area contributed by atoms with Gasteiger partial charge in [-0.25, -0.2) is 4.98 Å². The van der Waals surface area contributed by atoms with E-state index in [1.807, 2.05) is 18.2 Å². The number of aromatic nitrogens is 2. The van der Waals surface area contributed by atoms with Gasteiger partial charge in [-0.3, -0.25) is 4.98 Å². The third-order valence-electron chi connectivity index (χ3n) is 1.91. The number of pyridine rings is 2. The highest BCUT2D eigenvalue weighted by atomic mass is 14.7. The molecule has 2 aromatic heterocycles. The van der Waals surface area contributed by atoms with Crippen LogP contribution < -0.4 is 0 Å². The third kappa shape index (κ3) is 2.43. The van der Waals surface area contributed by atoms with Gasteiger partial charge in [0.25, 0.3) is 0 Å². The van der Waals surface area contributed by atoms with Gasteiger partial charge in [0.2, 0.25) is 0 Å². The molecule has 0 bridgehead atoms. The summed E-state index contributed by atoms with van der Waals surface area (Å²) in [7, 11) is 0. The summed E-state index contributed by atoms with van der Waals surface area (Å²) >= 11 is 0. The van der Waals surface area contributed by atoms with E-state index in [-0.39, 0.29) is 0 Å². The minimum atomic E-state index is 0.398. The molecule has 0 radical (unpaired) electrons. The van der Waals surface area contributed by atoms with Gasteiger partial charge in [-0.15, -0.1) is 0 Å². The van der Waals surface area contributed by atoms with Gasteiger partial charge in [-0.05, 0) is 24.3 Å². The Labute approximate surface area is 93.4 Å². The van der Waals surface area contributed by atoms with E-state index in [1.165, 1.54) is 0 Å². The van der Waals surface area contributed by atoms with Crippen molar-refractivity contribution in [3.8, 4) is 17.9 Å². The zero-order valence-corrected chi connectivity index (χ0v) is 8.38. The molecule has 2 rings (SSSR count). The van der Waals surface area contributed by atoms with Crippen LogP contribution in [0.2, 0.25) is 0 Å². The van der Waals surface area contributed by atoms with Gasteiger partial charge in [-0.2, -0.15) is 5.26 Å². The smallest absolute Gasteiger partial charge is 0.140 e. The zero-order valence-electron chi connectivity index (χ0n) is 8.38. The highest BCUT2D eigenvalue weighted by Gasteiger charge is 1.90. The van der Waals surface area contributed by atoms with Crippen molar-refractivity contribution in [2.45, 2.75) is 0 Å². The van der Waals surface area contributed by atoms with Crippen LogP contribution >= 0.6 is 0 Å². The van der Waals surface area contributed by atoms with Gasteiger partial charge in [0.1, 0.15) is 11.8 Å². The summed E-state index contributed by atoms with van der Waals surface area (Å²) in [5.74, 6) is 5.95. The average molecular weight is 205 g/mol. The van der Waals surface area contributed by atoms with E-state index in [0.29, 0.717) is 5.69 Å². The molecule has 74 valence electrons. The van der Waals surface area contributed by atoms with Crippen LogP contribution in [0.4, 0.5) is 0 Å². The van der Waals surface area contributed by atoms with Crippen LogP contribution in [0.15, 0.2) is 42.9 Å². The van der Waals surface area contributed by atoms with Crippen molar-refractivity contribution in [1.29, 1.82) is 5.26 Å². The molecular weight excluding hydrogens is 198 g/mol. The second-order valence-corrected chi connectivity index (χ2v) is 3.03. The minimum absolute atomic E-state index is 0.398. The number of hydrogen-bond acceptors (Lipinski definition) is 3. The van der Waals surface area contributed by atoms with E-state index < -0.39 is 0 Å². The molecule has 3 heteroatoms. The van der Waals surface area contributed by atoms with Crippen LogP contribution in [0, 0.1) is 23.2 Å². The van der Waals surface area contributed by atoms with Crippen molar-refractivity contribution in [3.63, 3.8) is 0 Å². The molecular formula is C13H7N3. The Hall–Kier alpha value is -2.65. The van der Waals surface area contributed by atoms with Crippen LogP contribution in [-0.4, -0.2) is 9.97 Å². The number of rotatable bonds is 0. The Morgan fingerprint density at radius 3 is 2.31 bits per heavy atom. The first-order valence-corrected chi connectivity index (χ1v) is 4.67. The molecule has 0 saturated carbocycles. The molecule has 0 unspecified atom stereocenters. The largest absolute Gasteiger partial charge is 0.265 e. The van der Waals surface area contributed by atoms with E-state index in [4.69, 9.17) is 5.26 Å². The molecule has 0 saturated heterocycles. The monoisotopic (exact) mass is 205 g/mol. The van der Waals surface area contributed by atoms with Crippen molar-refractivity contribution in [3.05, 3.63) is 59.7 Å². The van der Waals surface area contributed by atoms with E-state index in [1.54, 1.807) is 30.7 Å². The quantitative estimate of drug-likeness (QED) is 0.615. The lowest BCUT2D eigenvalue weighted by atomic mass is 10.2. The minimum Gasteiger partial charge on any atom is -0.265 e. The van der Waals surface area contributed by atoms with Gasteiger partial charge in [-0.1, -0.05) is 11.8 Å². The van der Waals surface area contributed by atoms with Gasteiger partial charge >= 0.3 is 0 Å². The fraction of sp³-hybridized carbons (Fsp3) is 0. The Bertz CT molecular complexity index is 569. The zero-order chi connectivity index (χ0) is 11.2. The number of hydrogen-bond donors (Lipinski definition) is 0. The first kappa shape index (κ1) is 9.89. The van der Waals surface area contributed by atoms with Gasteiger partial charge in [0, 0.05) is 29.7 Å². The molecule has 2 heterocycles. The lowest BCUT2D eigenvalue weighted by Crippen LogP contribution is -1.83. The molecule has 0 spiro atoms. The van der Waals surface area contributed by atoms with Crippen LogP contribution in [-0.2, 0) is 0 Å². The Morgan fingerprint density at radius 1 is 0.938 bits per heavy atom. The molecule has 3 nitrogen and oxygen atoms in total. The normalized spacial score (nSPS) is 8.69.